The van der Waals surface area contributed by atoms with Crippen molar-refractivity contribution in [2.75, 3.05) is 32.4 Å². The SMILES string of the molecule is CCN(C)CCNC(=O)c1ccccc1N. The maximum atomic E-state index is 11.7. The van der Waals surface area contributed by atoms with Gasteiger partial charge in [-0.05, 0) is 25.7 Å². The second-order valence-corrected chi connectivity index (χ2v) is 3.74. The van der Waals surface area contributed by atoms with Gasteiger partial charge in [0, 0.05) is 18.8 Å². The third kappa shape index (κ3) is 3.55. The van der Waals surface area contributed by atoms with E-state index in [4.69, 9.17) is 5.73 Å². The van der Waals surface area contributed by atoms with Crippen LogP contribution in [0.3, 0.4) is 0 Å². The zero-order valence-corrected chi connectivity index (χ0v) is 9.86. The van der Waals surface area contributed by atoms with Crippen LogP contribution in [-0.2, 0) is 0 Å². The normalized spacial score (nSPS) is 10.4. The molecule has 0 aliphatic rings. The lowest BCUT2D eigenvalue weighted by Gasteiger charge is -2.14. The zero-order valence-electron chi connectivity index (χ0n) is 9.86. The summed E-state index contributed by atoms with van der Waals surface area (Å²) < 4.78 is 0. The Hall–Kier alpha value is -1.55. The van der Waals surface area contributed by atoms with Crippen molar-refractivity contribution in [2.24, 2.45) is 0 Å². The molecule has 1 amide bonds. The highest BCUT2D eigenvalue weighted by Crippen LogP contribution is 2.09. The van der Waals surface area contributed by atoms with Crippen LogP contribution in [0, 0.1) is 0 Å². The van der Waals surface area contributed by atoms with Gasteiger partial charge in [0.1, 0.15) is 0 Å². The molecule has 0 heterocycles. The quantitative estimate of drug-likeness (QED) is 0.728. The smallest absolute Gasteiger partial charge is 0.253 e. The first-order valence-electron chi connectivity index (χ1n) is 5.46. The van der Waals surface area contributed by atoms with E-state index >= 15 is 0 Å². The number of para-hydroxylation sites is 1. The summed E-state index contributed by atoms with van der Waals surface area (Å²) in [5.74, 6) is -0.109. The zero-order chi connectivity index (χ0) is 12.0. The van der Waals surface area contributed by atoms with Crippen LogP contribution >= 0.6 is 0 Å². The molecule has 16 heavy (non-hydrogen) atoms. The van der Waals surface area contributed by atoms with Crippen LogP contribution in [0.4, 0.5) is 5.69 Å². The number of nitrogens with two attached hydrogens (primary N) is 1. The molecule has 0 aliphatic heterocycles. The van der Waals surface area contributed by atoms with Crippen molar-refractivity contribution >= 4 is 11.6 Å². The molecular formula is C12H19N3O. The van der Waals surface area contributed by atoms with E-state index in [0.717, 1.165) is 13.1 Å². The molecular weight excluding hydrogens is 202 g/mol. The largest absolute Gasteiger partial charge is 0.398 e. The predicted octanol–water partition coefficient (Wildman–Crippen LogP) is 0.950. The molecule has 0 unspecified atom stereocenters. The van der Waals surface area contributed by atoms with Gasteiger partial charge in [-0.25, -0.2) is 0 Å². The molecule has 0 fully saturated rings. The first-order chi connectivity index (χ1) is 7.65. The van der Waals surface area contributed by atoms with Gasteiger partial charge in [-0.1, -0.05) is 19.1 Å². The molecule has 88 valence electrons. The maximum absolute atomic E-state index is 11.7. The highest BCUT2D eigenvalue weighted by molar-refractivity contribution is 5.99. The molecule has 4 nitrogen and oxygen atoms in total. The predicted molar refractivity (Wildman–Crippen MR) is 66.4 cm³/mol. The number of carbonyl (C=O) groups is 1. The number of nitrogens with zero attached hydrogens (tertiary/aromatic N) is 1. The van der Waals surface area contributed by atoms with Crippen LogP contribution in [-0.4, -0.2) is 37.5 Å². The maximum Gasteiger partial charge on any atom is 0.253 e. The van der Waals surface area contributed by atoms with E-state index in [1.54, 1.807) is 12.1 Å². The Kier molecular flexibility index (Phi) is 4.79. The van der Waals surface area contributed by atoms with Crippen molar-refractivity contribution in [2.45, 2.75) is 6.92 Å². The van der Waals surface area contributed by atoms with Gasteiger partial charge >= 0.3 is 0 Å². The van der Waals surface area contributed by atoms with Crippen molar-refractivity contribution in [1.82, 2.24) is 10.2 Å². The Balaban J connectivity index is 2.44. The topological polar surface area (TPSA) is 58.4 Å². The van der Waals surface area contributed by atoms with Gasteiger partial charge < -0.3 is 16.0 Å². The Morgan fingerprint density at radius 2 is 2.12 bits per heavy atom. The van der Waals surface area contributed by atoms with Crippen LogP contribution in [0.5, 0.6) is 0 Å². The van der Waals surface area contributed by atoms with E-state index in [1.807, 2.05) is 19.2 Å². The fourth-order valence-corrected chi connectivity index (χ4v) is 1.32. The number of hydrogen-bond acceptors (Lipinski definition) is 3. The van der Waals surface area contributed by atoms with E-state index in [9.17, 15) is 4.79 Å². The Labute approximate surface area is 96.4 Å². The number of hydrogen-bond donors (Lipinski definition) is 2. The highest BCUT2D eigenvalue weighted by Gasteiger charge is 2.07. The summed E-state index contributed by atoms with van der Waals surface area (Å²) in [4.78, 5) is 13.9. The molecule has 0 bridgehead atoms. The Bertz CT molecular complexity index is 352. The van der Waals surface area contributed by atoms with Gasteiger partial charge in [-0.2, -0.15) is 0 Å². The van der Waals surface area contributed by atoms with Gasteiger partial charge in [0.15, 0.2) is 0 Å². The molecule has 0 saturated carbocycles. The number of anilines is 1. The molecule has 1 aromatic rings. The van der Waals surface area contributed by atoms with E-state index < -0.39 is 0 Å². The number of nitrogen functional groups attached to an aromatic ring is 1. The van der Waals surface area contributed by atoms with Crippen LogP contribution < -0.4 is 11.1 Å². The third-order valence-corrected chi connectivity index (χ3v) is 2.52. The van der Waals surface area contributed by atoms with Crippen LogP contribution in [0.2, 0.25) is 0 Å². The molecule has 1 rings (SSSR count). The summed E-state index contributed by atoms with van der Waals surface area (Å²) in [7, 11) is 2.02. The van der Waals surface area contributed by atoms with Gasteiger partial charge in [0.25, 0.3) is 5.91 Å². The van der Waals surface area contributed by atoms with E-state index in [1.165, 1.54) is 0 Å². The molecule has 0 saturated heterocycles. The van der Waals surface area contributed by atoms with Gasteiger partial charge in [-0.15, -0.1) is 0 Å². The van der Waals surface area contributed by atoms with Crippen LogP contribution in [0.1, 0.15) is 17.3 Å². The minimum Gasteiger partial charge on any atom is -0.398 e. The van der Waals surface area contributed by atoms with Crippen molar-refractivity contribution < 1.29 is 4.79 Å². The lowest BCUT2D eigenvalue weighted by Crippen LogP contribution is -2.33. The van der Waals surface area contributed by atoms with E-state index in [2.05, 4.69) is 17.1 Å². The highest BCUT2D eigenvalue weighted by atomic mass is 16.1. The molecule has 1 aromatic carbocycles. The summed E-state index contributed by atoms with van der Waals surface area (Å²) in [5.41, 5.74) is 6.77. The first-order valence-corrected chi connectivity index (χ1v) is 5.46. The fraction of sp³-hybridized carbons (Fsp3) is 0.417. The van der Waals surface area contributed by atoms with Gasteiger partial charge in [0.2, 0.25) is 0 Å². The second-order valence-electron chi connectivity index (χ2n) is 3.74. The number of nitrogens with one attached hydrogen (secondary N) is 1. The molecule has 0 atom stereocenters. The summed E-state index contributed by atoms with van der Waals surface area (Å²) >= 11 is 0. The van der Waals surface area contributed by atoms with E-state index in [-0.39, 0.29) is 5.91 Å². The minimum atomic E-state index is -0.109. The summed E-state index contributed by atoms with van der Waals surface area (Å²) in [6.07, 6.45) is 0. The monoisotopic (exact) mass is 221 g/mol. The van der Waals surface area contributed by atoms with Crippen molar-refractivity contribution in [1.29, 1.82) is 0 Å². The fourth-order valence-electron chi connectivity index (χ4n) is 1.32. The van der Waals surface area contributed by atoms with Crippen molar-refractivity contribution in [3.63, 3.8) is 0 Å². The molecule has 0 radical (unpaired) electrons. The number of benzene rings is 1. The summed E-state index contributed by atoms with van der Waals surface area (Å²) in [6, 6.07) is 7.09. The van der Waals surface area contributed by atoms with E-state index in [0.29, 0.717) is 17.8 Å². The lowest BCUT2D eigenvalue weighted by molar-refractivity contribution is 0.0951. The number of rotatable bonds is 5. The first kappa shape index (κ1) is 12.5. The molecule has 3 N–H and O–H groups in total. The second kappa shape index (κ2) is 6.12. The van der Waals surface area contributed by atoms with Gasteiger partial charge in [-0.3, -0.25) is 4.79 Å². The lowest BCUT2D eigenvalue weighted by atomic mass is 10.1. The third-order valence-electron chi connectivity index (χ3n) is 2.52. The average Bonchev–Trinajstić information content (AvgIpc) is 2.29. The van der Waals surface area contributed by atoms with Crippen molar-refractivity contribution in [3.8, 4) is 0 Å². The summed E-state index contributed by atoms with van der Waals surface area (Å²) in [6.45, 7) is 4.53. The van der Waals surface area contributed by atoms with Crippen LogP contribution in [0.25, 0.3) is 0 Å². The molecule has 0 aromatic heterocycles. The average molecular weight is 221 g/mol. The standard InChI is InChI=1S/C12H19N3O/c1-3-15(2)9-8-14-12(16)10-6-4-5-7-11(10)13/h4-7H,3,8-9,13H2,1-2H3,(H,14,16). The molecule has 4 heteroatoms. The van der Waals surface area contributed by atoms with Crippen LogP contribution in [0.15, 0.2) is 24.3 Å². The molecule has 0 spiro atoms. The molecule has 0 aliphatic carbocycles. The minimum absolute atomic E-state index is 0.109. The Morgan fingerprint density at radius 3 is 2.75 bits per heavy atom. The Morgan fingerprint density at radius 1 is 1.44 bits per heavy atom. The number of amides is 1. The summed E-state index contributed by atoms with van der Waals surface area (Å²) in [5, 5.41) is 2.84. The van der Waals surface area contributed by atoms with Crippen molar-refractivity contribution in [3.05, 3.63) is 29.8 Å². The number of carbonyl (C=O) groups excluding carboxylic acids is 1. The van der Waals surface area contributed by atoms with Gasteiger partial charge in [0.05, 0.1) is 5.56 Å². The number of likely N-dealkylation sites (N-methyl/N-ethyl adjacent to an activating group) is 1.